The van der Waals surface area contributed by atoms with E-state index in [1.54, 1.807) is 19.1 Å². The zero-order valence-corrected chi connectivity index (χ0v) is 11.9. The van der Waals surface area contributed by atoms with Gasteiger partial charge in [0.2, 0.25) is 10.0 Å². The molecule has 1 N–H and O–H groups in total. The van der Waals surface area contributed by atoms with Crippen molar-refractivity contribution < 1.29 is 18.3 Å². The fraction of sp³-hybridized carbons (Fsp3) is 0.385. The lowest BCUT2D eigenvalue weighted by atomic mass is 10.2. The first kappa shape index (κ1) is 16.1. The fourth-order valence-electron chi connectivity index (χ4n) is 1.69. The summed E-state index contributed by atoms with van der Waals surface area (Å²) in [6.45, 7) is 1.80. The Morgan fingerprint density at radius 1 is 1.35 bits per heavy atom. The first-order valence-electron chi connectivity index (χ1n) is 6.09. The third-order valence-corrected chi connectivity index (χ3v) is 4.76. The molecule has 0 aliphatic heterocycles. The highest BCUT2D eigenvalue weighted by atomic mass is 32.2. The van der Waals surface area contributed by atoms with E-state index in [0.717, 1.165) is 9.87 Å². The van der Waals surface area contributed by atoms with Crippen LogP contribution in [0.15, 0.2) is 29.2 Å². The average Bonchev–Trinajstić information content (AvgIpc) is 2.40. The first-order chi connectivity index (χ1) is 9.41. The summed E-state index contributed by atoms with van der Waals surface area (Å²) < 4.78 is 25.8. The number of benzene rings is 1. The molecule has 0 radical (unpaired) electrons. The summed E-state index contributed by atoms with van der Waals surface area (Å²) in [7, 11) is -3.69. The summed E-state index contributed by atoms with van der Waals surface area (Å²) >= 11 is 0. The van der Waals surface area contributed by atoms with E-state index in [9.17, 15) is 13.2 Å². The maximum atomic E-state index is 12.3. The van der Waals surface area contributed by atoms with E-state index >= 15 is 0 Å². The maximum Gasteiger partial charge on any atom is 0.304 e. The molecule has 108 valence electrons. The molecule has 0 heterocycles. The van der Waals surface area contributed by atoms with Crippen LogP contribution in [0.1, 0.15) is 18.9 Å². The van der Waals surface area contributed by atoms with Gasteiger partial charge in [-0.25, -0.2) is 8.42 Å². The SMILES string of the molecule is CCN(CCC(=O)O)S(=O)(=O)c1ccc(CC#N)cc1. The van der Waals surface area contributed by atoms with Crippen LogP contribution < -0.4 is 0 Å². The molecule has 0 amide bonds. The molecular formula is C13H16N2O4S. The van der Waals surface area contributed by atoms with Gasteiger partial charge in [0.1, 0.15) is 0 Å². The van der Waals surface area contributed by atoms with Gasteiger partial charge in [0, 0.05) is 13.1 Å². The van der Waals surface area contributed by atoms with Crippen LogP contribution in [0.5, 0.6) is 0 Å². The Morgan fingerprint density at radius 2 is 1.95 bits per heavy atom. The predicted octanol–water partition coefficient (Wildman–Crippen LogP) is 1.24. The fourth-order valence-corrected chi connectivity index (χ4v) is 3.14. The van der Waals surface area contributed by atoms with Gasteiger partial charge in [0.25, 0.3) is 0 Å². The Balaban J connectivity index is 2.95. The normalized spacial score (nSPS) is 11.2. The molecule has 0 saturated carbocycles. The third-order valence-electron chi connectivity index (χ3n) is 2.77. The molecule has 20 heavy (non-hydrogen) atoms. The highest BCUT2D eigenvalue weighted by Crippen LogP contribution is 2.16. The lowest BCUT2D eigenvalue weighted by molar-refractivity contribution is -0.137. The molecule has 0 unspecified atom stereocenters. The Kier molecular flexibility index (Phi) is 5.67. The minimum Gasteiger partial charge on any atom is -0.481 e. The van der Waals surface area contributed by atoms with E-state index in [1.165, 1.54) is 12.1 Å². The second-order valence-electron chi connectivity index (χ2n) is 4.12. The number of hydrogen-bond acceptors (Lipinski definition) is 4. The molecule has 1 aromatic carbocycles. The van der Waals surface area contributed by atoms with Crippen LogP contribution in [0, 0.1) is 11.3 Å². The number of aliphatic carboxylic acids is 1. The summed E-state index contributed by atoms with van der Waals surface area (Å²) in [5.41, 5.74) is 0.736. The lowest BCUT2D eigenvalue weighted by Crippen LogP contribution is -2.32. The van der Waals surface area contributed by atoms with Gasteiger partial charge in [-0.2, -0.15) is 9.57 Å². The van der Waals surface area contributed by atoms with Crippen molar-refractivity contribution >= 4 is 16.0 Å². The van der Waals surface area contributed by atoms with Crippen molar-refractivity contribution in [3.05, 3.63) is 29.8 Å². The largest absolute Gasteiger partial charge is 0.481 e. The van der Waals surface area contributed by atoms with Crippen LogP contribution in [0.3, 0.4) is 0 Å². The predicted molar refractivity (Wildman–Crippen MR) is 72.4 cm³/mol. The zero-order chi connectivity index (χ0) is 15.2. The van der Waals surface area contributed by atoms with Crippen LogP contribution in [0.4, 0.5) is 0 Å². The summed E-state index contributed by atoms with van der Waals surface area (Å²) in [6.07, 6.45) is -0.0174. The van der Waals surface area contributed by atoms with Gasteiger partial charge in [-0.1, -0.05) is 19.1 Å². The average molecular weight is 296 g/mol. The Hall–Kier alpha value is -1.91. The minimum atomic E-state index is -3.69. The van der Waals surface area contributed by atoms with E-state index in [2.05, 4.69) is 0 Å². The zero-order valence-electron chi connectivity index (χ0n) is 11.1. The number of carboxylic acids is 1. The second kappa shape index (κ2) is 7.03. The molecule has 7 heteroatoms. The second-order valence-corrected chi connectivity index (χ2v) is 6.06. The van der Waals surface area contributed by atoms with Crippen molar-refractivity contribution in [2.45, 2.75) is 24.7 Å². The summed E-state index contributed by atoms with van der Waals surface area (Å²) in [4.78, 5) is 10.7. The summed E-state index contributed by atoms with van der Waals surface area (Å²) in [5.74, 6) is -1.04. The van der Waals surface area contributed by atoms with Crippen LogP contribution >= 0.6 is 0 Å². The van der Waals surface area contributed by atoms with Gasteiger partial charge in [-0.05, 0) is 17.7 Å². The summed E-state index contributed by atoms with van der Waals surface area (Å²) in [6, 6.07) is 8.02. The van der Waals surface area contributed by atoms with E-state index < -0.39 is 16.0 Å². The standard InChI is InChI=1S/C13H16N2O4S/c1-2-15(10-8-13(16)17)20(18,19)12-5-3-11(4-6-12)7-9-14/h3-6H,2,7-8,10H2,1H3,(H,16,17). The number of hydrogen-bond donors (Lipinski definition) is 1. The van der Waals surface area contributed by atoms with Crippen molar-refractivity contribution in [2.24, 2.45) is 0 Å². The van der Waals surface area contributed by atoms with E-state index in [4.69, 9.17) is 10.4 Å². The van der Waals surface area contributed by atoms with E-state index in [1.807, 2.05) is 6.07 Å². The van der Waals surface area contributed by atoms with Gasteiger partial charge in [0.05, 0.1) is 23.8 Å². The van der Waals surface area contributed by atoms with Crippen molar-refractivity contribution in [3.8, 4) is 6.07 Å². The smallest absolute Gasteiger partial charge is 0.304 e. The number of sulfonamides is 1. The van der Waals surface area contributed by atoms with Crippen molar-refractivity contribution in [1.29, 1.82) is 5.26 Å². The highest BCUT2D eigenvalue weighted by Gasteiger charge is 2.23. The van der Waals surface area contributed by atoms with Gasteiger partial charge < -0.3 is 5.11 Å². The van der Waals surface area contributed by atoms with Crippen molar-refractivity contribution in [3.63, 3.8) is 0 Å². The Morgan fingerprint density at radius 3 is 2.40 bits per heavy atom. The van der Waals surface area contributed by atoms with Crippen molar-refractivity contribution in [1.82, 2.24) is 4.31 Å². The molecule has 0 aliphatic carbocycles. The topological polar surface area (TPSA) is 98.5 Å². The number of carboxylic acid groups (broad SMARTS) is 1. The van der Waals surface area contributed by atoms with Crippen molar-refractivity contribution in [2.75, 3.05) is 13.1 Å². The molecule has 0 aromatic heterocycles. The molecule has 6 nitrogen and oxygen atoms in total. The first-order valence-corrected chi connectivity index (χ1v) is 7.53. The third kappa shape index (κ3) is 4.05. The molecule has 0 aliphatic rings. The Labute approximate surface area is 118 Å². The Bertz CT molecular complexity index is 602. The maximum absolute atomic E-state index is 12.3. The summed E-state index contributed by atoms with van der Waals surface area (Å²) in [5, 5.41) is 17.2. The van der Waals surface area contributed by atoms with E-state index in [0.29, 0.717) is 0 Å². The van der Waals surface area contributed by atoms with E-state index in [-0.39, 0.29) is 30.8 Å². The quantitative estimate of drug-likeness (QED) is 0.816. The number of nitrogens with zero attached hydrogens (tertiary/aromatic N) is 2. The lowest BCUT2D eigenvalue weighted by Gasteiger charge is -2.19. The molecule has 1 aromatic rings. The molecule has 0 saturated heterocycles. The van der Waals surface area contributed by atoms with Crippen LogP contribution in [-0.4, -0.2) is 36.9 Å². The number of carbonyl (C=O) groups is 1. The van der Waals surface area contributed by atoms with Crippen LogP contribution in [-0.2, 0) is 21.2 Å². The molecule has 1 rings (SSSR count). The van der Waals surface area contributed by atoms with Gasteiger partial charge in [-0.15, -0.1) is 0 Å². The monoisotopic (exact) mass is 296 g/mol. The molecule has 0 bridgehead atoms. The molecule has 0 atom stereocenters. The number of rotatable bonds is 7. The van der Waals surface area contributed by atoms with Gasteiger partial charge >= 0.3 is 5.97 Å². The molecular weight excluding hydrogens is 280 g/mol. The molecule has 0 fully saturated rings. The number of nitriles is 1. The van der Waals surface area contributed by atoms with Gasteiger partial charge in [-0.3, -0.25) is 4.79 Å². The highest BCUT2D eigenvalue weighted by molar-refractivity contribution is 7.89. The van der Waals surface area contributed by atoms with Crippen LogP contribution in [0.25, 0.3) is 0 Å². The van der Waals surface area contributed by atoms with Crippen LogP contribution in [0.2, 0.25) is 0 Å². The molecule has 0 spiro atoms. The minimum absolute atomic E-state index is 0.0614. The van der Waals surface area contributed by atoms with Gasteiger partial charge in [0.15, 0.2) is 0 Å².